The number of phenolic OH excluding ortho intramolecular Hbond substituents is 2. The first-order valence-electron chi connectivity index (χ1n) is 20.4. The highest BCUT2D eigenvalue weighted by Gasteiger charge is 2.36. The Morgan fingerprint density at radius 3 is 2.46 bits per heavy atom. The molecule has 0 spiro atoms. The number of amides is 3. The van der Waals surface area contributed by atoms with Gasteiger partial charge < -0.3 is 40.0 Å². The Morgan fingerprint density at radius 1 is 0.984 bits per heavy atom. The van der Waals surface area contributed by atoms with Crippen molar-refractivity contribution in [1.29, 1.82) is 5.41 Å². The van der Waals surface area contributed by atoms with Gasteiger partial charge in [-0.15, -0.1) is 0 Å². The molecule has 314 valence electrons. The van der Waals surface area contributed by atoms with Gasteiger partial charge in [0.1, 0.15) is 29.7 Å². The van der Waals surface area contributed by atoms with Crippen LogP contribution in [0.2, 0.25) is 0 Å². The van der Waals surface area contributed by atoms with Crippen LogP contribution in [0.1, 0.15) is 90.1 Å². The number of carbonyl (C=O) groups is 3. The zero-order valence-electron chi connectivity index (χ0n) is 33.9. The predicted octanol–water partition coefficient (Wildman–Crippen LogP) is 5.50. The highest BCUT2D eigenvalue weighted by molar-refractivity contribution is 6.22. The third-order valence-corrected chi connectivity index (χ3v) is 12.5. The minimum Gasteiger partial charge on any atom is -0.508 e. The number of fused-ring (bicyclic) bond motifs is 6. The lowest BCUT2D eigenvalue weighted by atomic mass is 9.97. The summed E-state index contributed by atoms with van der Waals surface area (Å²) in [4.78, 5) is 61.8. The van der Waals surface area contributed by atoms with Gasteiger partial charge in [-0.3, -0.25) is 15.1 Å². The highest BCUT2D eigenvalue weighted by Crippen LogP contribution is 2.40. The number of nitrogens with zero attached hydrogens (tertiary/aromatic N) is 5. The van der Waals surface area contributed by atoms with Crippen LogP contribution in [0.3, 0.4) is 0 Å². The van der Waals surface area contributed by atoms with Crippen LogP contribution in [0.25, 0.3) is 22.3 Å². The Hall–Kier alpha value is -6.78. The molecule has 0 saturated carbocycles. The van der Waals surface area contributed by atoms with Crippen LogP contribution in [0.15, 0.2) is 59.4 Å². The topological polar surface area (TPSA) is 225 Å². The van der Waals surface area contributed by atoms with E-state index in [4.69, 9.17) is 25.6 Å². The molecular formula is C45H45N7O9. The van der Waals surface area contributed by atoms with Crippen LogP contribution >= 0.6 is 0 Å². The Bertz CT molecular complexity index is 2770. The molecule has 6 N–H and O–H groups in total. The molecule has 61 heavy (non-hydrogen) atoms. The molecule has 5 aromatic rings. The van der Waals surface area contributed by atoms with E-state index in [0.717, 1.165) is 45.4 Å². The third-order valence-electron chi connectivity index (χ3n) is 12.5. The smallest absolute Gasteiger partial charge is 0.415 e. The number of amidine groups is 1. The summed E-state index contributed by atoms with van der Waals surface area (Å²) in [7, 11) is 0. The number of pyridine rings is 2. The van der Waals surface area contributed by atoms with Crippen LogP contribution in [0, 0.1) is 5.41 Å². The summed E-state index contributed by atoms with van der Waals surface area (Å²) in [6.45, 7) is 8.12. The summed E-state index contributed by atoms with van der Waals surface area (Å²) in [6.07, 6.45) is 0.0836. The summed E-state index contributed by atoms with van der Waals surface area (Å²) in [5.74, 6) is -1.25. The van der Waals surface area contributed by atoms with E-state index in [2.05, 4.69) is 4.90 Å². The van der Waals surface area contributed by atoms with E-state index in [1.54, 1.807) is 33.7 Å². The number of ether oxygens (including phenoxy) is 2. The number of nitrogens with two attached hydrogens (primary N) is 1. The fourth-order valence-electron chi connectivity index (χ4n) is 9.27. The van der Waals surface area contributed by atoms with Crippen molar-refractivity contribution in [2.75, 3.05) is 18.0 Å². The number of aryl methyl sites for hydroxylation is 1. The number of cyclic esters (lactones) is 1. The normalized spacial score (nSPS) is 17.2. The van der Waals surface area contributed by atoms with Crippen molar-refractivity contribution >= 4 is 40.5 Å². The monoisotopic (exact) mass is 827 g/mol. The predicted molar refractivity (Wildman–Crippen MR) is 224 cm³/mol. The molecule has 16 heteroatoms. The number of benzene rings is 3. The van der Waals surface area contributed by atoms with Gasteiger partial charge in [0.05, 0.1) is 40.3 Å². The number of rotatable bonds is 6. The summed E-state index contributed by atoms with van der Waals surface area (Å²) in [6, 6.07) is 14.4. The molecule has 0 unspecified atom stereocenters. The maximum atomic E-state index is 13.5. The highest BCUT2D eigenvalue weighted by atomic mass is 16.6. The second-order valence-corrected chi connectivity index (χ2v) is 16.4. The zero-order chi connectivity index (χ0) is 43.0. The fourth-order valence-corrected chi connectivity index (χ4v) is 9.27. The first-order valence-corrected chi connectivity index (χ1v) is 20.4. The number of aromatic hydroxyl groups is 2. The number of phenols is 2. The first-order chi connectivity index (χ1) is 29.2. The van der Waals surface area contributed by atoms with E-state index in [9.17, 15) is 34.5 Å². The molecule has 0 aliphatic carbocycles. The van der Waals surface area contributed by atoms with E-state index in [0.29, 0.717) is 66.5 Å². The van der Waals surface area contributed by atoms with Crippen LogP contribution in [-0.2, 0) is 42.2 Å². The Kier molecular flexibility index (Phi) is 9.78. The van der Waals surface area contributed by atoms with E-state index in [-0.39, 0.29) is 64.7 Å². The molecule has 1 fully saturated rings. The van der Waals surface area contributed by atoms with E-state index in [1.807, 2.05) is 39.0 Å². The molecular weight excluding hydrogens is 783 g/mol. The molecule has 1 saturated heterocycles. The Morgan fingerprint density at radius 2 is 1.74 bits per heavy atom. The van der Waals surface area contributed by atoms with Gasteiger partial charge in [-0.05, 0) is 89.9 Å². The number of nitrogens with one attached hydrogen (secondary N) is 1. The van der Waals surface area contributed by atoms with Crippen molar-refractivity contribution < 1.29 is 39.2 Å². The lowest BCUT2D eigenvalue weighted by molar-refractivity contribution is -0.157. The summed E-state index contributed by atoms with van der Waals surface area (Å²) in [5.41, 5.74) is 12.7. The minimum absolute atomic E-state index is 0.0719. The van der Waals surface area contributed by atoms with E-state index < -0.39 is 24.2 Å². The number of aliphatic hydroxyl groups excluding tert-OH is 1. The van der Waals surface area contributed by atoms with Crippen molar-refractivity contribution in [3.63, 3.8) is 0 Å². The van der Waals surface area contributed by atoms with E-state index >= 15 is 0 Å². The molecule has 0 radical (unpaired) electrons. The van der Waals surface area contributed by atoms with Gasteiger partial charge >= 0.3 is 18.1 Å². The lowest BCUT2D eigenvalue weighted by Gasteiger charge is -2.36. The van der Waals surface area contributed by atoms with Gasteiger partial charge in [0, 0.05) is 54.8 Å². The number of anilines is 1. The number of likely N-dealkylation sites (tertiary alicyclic amines) is 1. The van der Waals surface area contributed by atoms with Crippen LogP contribution in [-0.4, -0.2) is 77.7 Å². The molecule has 16 nitrogen and oxygen atoms in total. The molecule has 6 heterocycles. The minimum atomic E-state index is -1.53. The second-order valence-electron chi connectivity index (χ2n) is 16.4. The van der Waals surface area contributed by atoms with E-state index in [1.165, 1.54) is 12.1 Å². The number of piperidine rings is 1. The van der Waals surface area contributed by atoms with Gasteiger partial charge in [-0.25, -0.2) is 24.3 Å². The summed E-state index contributed by atoms with van der Waals surface area (Å²) >= 11 is 0. The van der Waals surface area contributed by atoms with Crippen molar-refractivity contribution in [1.82, 2.24) is 19.4 Å². The molecule has 2 aromatic heterocycles. The van der Waals surface area contributed by atoms with Gasteiger partial charge in [0.15, 0.2) is 6.10 Å². The number of hydrogen-bond donors (Lipinski definition) is 5. The lowest BCUT2D eigenvalue weighted by Crippen LogP contribution is -2.46. The van der Waals surface area contributed by atoms with Gasteiger partial charge in [-0.1, -0.05) is 26.8 Å². The molecule has 1 atom stereocenters. The maximum absolute atomic E-state index is 13.5. The summed E-state index contributed by atoms with van der Waals surface area (Å²) in [5, 5.41) is 41.1. The third kappa shape index (κ3) is 6.71. The van der Waals surface area contributed by atoms with Crippen LogP contribution < -0.4 is 20.9 Å². The molecule has 9 rings (SSSR count). The van der Waals surface area contributed by atoms with Crippen molar-refractivity contribution in [3.05, 3.63) is 109 Å². The van der Waals surface area contributed by atoms with Gasteiger partial charge in [-0.2, -0.15) is 0 Å². The number of hydrogen-bond acceptors (Lipinski definition) is 12. The number of esters is 1. The standard InChI is InChI=1S/C45H45N7O9/c1-4-28-30-14-27(7-8-35(30)48-39-33(28)20-51-36(39)16-31-34(42(51)56)21-60-43(57)40(31)55)61-45(59)49-11-9-25(10-12-49)50-18-23-5-6-26(13-24(23)19-50)52(44(47)58)41(46)32-15-29(22(2)3)37(53)17-38(32)54/h5-8,13-17,22,25,40,46,53-55H,4,9-12,18-21H2,1-3H3,(H2,47,58)/t40-/m0/s1. The van der Waals surface area contributed by atoms with Crippen molar-refractivity contribution in [3.8, 4) is 28.6 Å². The first kappa shape index (κ1) is 39.7. The molecule has 0 bridgehead atoms. The number of primary amides is 1. The zero-order valence-corrected chi connectivity index (χ0v) is 33.9. The Balaban J connectivity index is 0.860. The second kappa shape index (κ2) is 15.0. The SMILES string of the molecule is CCc1c2c(nc3ccc(OC(=O)N4CCC(N5Cc6ccc(N(C(=N)c7cc(C(C)C)c(O)cc7O)C(N)=O)cc6C5)CC4)cc13)-c1cc3c(c(=O)n1C2)COC(=O)[C@H]3O. The van der Waals surface area contributed by atoms with Crippen molar-refractivity contribution in [2.45, 2.75) is 84.3 Å². The van der Waals surface area contributed by atoms with Gasteiger partial charge in [0.2, 0.25) is 0 Å². The molecule has 4 aliphatic heterocycles. The summed E-state index contributed by atoms with van der Waals surface area (Å²) < 4.78 is 12.6. The average Bonchev–Trinajstić information content (AvgIpc) is 3.83. The number of aliphatic hydroxyl groups is 1. The Labute approximate surface area is 349 Å². The average molecular weight is 828 g/mol. The quantitative estimate of drug-likeness (QED) is 0.0801. The van der Waals surface area contributed by atoms with Crippen LogP contribution in [0.5, 0.6) is 17.2 Å². The molecule has 3 amide bonds. The molecule has 4 aliphatic rings. The van der Waals surface area contributed by atoms with Crippen LogP contribution in [0.4, 0.5) is 15.3 Å². The number of aromatic nitrogens is 2. The van der Waals surface area contributed by atoms with Gasteiger partial charge in [0.25, 0.3) is 5.56 Å². The largest absolute Gasteiger partial charge is 0.508 e. The van der Waals surface area contributed by atoms with Crippen molar-refractivity contribution in [2.24, 2.45) is 5.73 Å². The number of carbonyl (C=O) groups excluding carboxylic acids is 3. The maximum Gasteiger partial charge on any atom is 0.415 e. The number of urea groups is 1. The molecule has 3 aromatic carbocycles. The fraction of sp³-hybridized carbons (Fsp3) is 0.333.